The molecular formula is C18H26ClFO. The molecule has 1 fully saturated rings. The quantitative estimate of drug-likeness (QED) is 0.747. The molecule has 2 rings (SSSR count). The fourth-order valence-corrected chi connectivity index (χ4v) is 3.63. The maximum Gasteiger partial charge on any atom is 0.141 e. The van der Waals surface area contributed by atoms with Crippen LogP contribution in [0, 0.1) is 17.7 Å². The monoisotopic (exact) mass is 312 g/mol. The normalized spacial score (nSPS) is 24.0. The fraction of sp³-hybridized carbons (Fsp3) is 0.667. The molecule has 21 heavy (non-hydrogen) atoms. The van der Waals surface area contributed by atoms with Crippen LogP contribution < -0.4 is 0 Å². The largest absolute Gasteiger partial charge is 0.392 e. The average Bonchev–Trinajstić information content (AvgIpc) is 2.49. The fourth-order valence-electron chi connectivity index (χ4n) is 3.43. The first-order valence-corrected chi connectivity index (χ1v) is 8.60. The minimum absolute atomic E-state index is 0.142. The molecule has 3 heteroatoms. The maximum atomic E-state index is 13.1. The lowest BCUT2D eigenvalue weighted by Crippen LogP contribution is -2.27. The van der Waals surface area contributed by atoms with Crippen molar-refractivity contribution in [1.29, 1.82) is 0 Å². The van der Waals surface area contributed by atoms with Crippen LogP contribution in [0.25, 0.3) is 0 Å². The van der Waals surface area contributed by atoms with Gasteiger partial charge < -0.3 is 5.11 Å². The Morgan fingerprint density at radius 2 is 2.00 bits per heavy atom. The Balaban J connectivity index is 1.81. The summed E-state index contributed by atoms with van der Waals surface area (Å²) in [5.74, 6) is 0.840. The average molecular weight is 313 g/mol. The summed E-state index contributed by atoms with van der Waals surface area (Å²) < 4.78 is 13.1. The van der Waals surface area contributed by atoms with Gasteiger partial charge in [-0.2, -0.15) is 0 Å². The van der Waals surface area contributed by atoms with Crippen molar-refractivity contribution < 1.29 is 9.50 Å². The smallest absolute Gasteiger partial charge is 0.141 e. The van der Waals surface area contributed by atoms with Crippen molar-refractivity contribution in [2.75, 3.05) is 0 Å². The molecular weight excluding hydrogens is 287 g/mol. The molecule has 0 saturated heterocycles. The van der Waals surface area contributed by atoms with E-state index in [4.69, 9.17) is 11.6 Å². The van der Waals surface area contributed by atoms with E-state index in [1.165, 1.54) is 38.2 Å². The molecule has 0 aliphatic heterocycles. The van der Waals surface area contributed by atoms with Crippen LogP contribution >= 0.6 is 11.6 Å². The van der Waals surface area contributed by atoms with Crippen molar-refractivity contribution in [3.05, 3.63) is 34.6 Å². The number of aliphatic hydroxyl groups is 1. The summed E-state index contributed by atoms with van der Waals surface area (Å²) >= 11 is 5.79. The van der Waals surface area contributed by atoms with E-state index in [1.807, 2.05) is 0 Å². The van der Waals surface area contributed by atoms with Gasteiger partial charge in [0.2, 0.25) is 0 Å². The van der Waals surface area contributed by atoms with Crippen molar-refractivity contribution in [2.24, 2.45) is 11.8 Å². The van der Waals surface area contributed by atoms with Crippen molar-refractivity contribution in [3.63, 3.8) is 0 Å². The minimum atomic E-state index is -0.397. The Hall–Kier alpha value is -0.600. The van der Waals surface area contributed by atoms with Gasteiger partial charge in [-0.15, -0.1) is 0 Å². The number of halogens is 2. The standard InChI is InChI=1S/C18H26ClFO/c1-2-3-4-13-5-8-15(9-6-13)18(21)12-14-7-10-17(20)16(19)11-14/h7,10-11,13,15,18,21H,2-6,8-9,12H2,1H3. The molecule has 1 aromatic rings. The lowest BCUT2D eigenvalue weighted by atomic mass is 9.76. The summed E-state index contributed by atoms with van der Waals surface area (Å²) in [6.45, 7) is 2.24. The van der Waals surface area contributed by atoms with Crippen LogP contribution in [0.5, 0.6) is 0 Å². The highest BCUT2D eigenvalue weighted by Gasteiger charge is 2.26. The van der Waals surface area contributed by atoms with Crippen LogP contribution in [0.3, 0.4) is 0 Å². The van der Waals surface area contributed by atoms with E-state index >= 15 is 0 Å². The summed E-state index contributed by atoms with van der Waals surface area (Å²) in [6.07, 6.45) is 8.89. The van der Waals surface area contributed by atoms with Gasteiger partial charge in [0.15, 0.2) is 0 Å². The molecule has 1 saturated carbocycles. The van der Waals surface area contributed by atoms with Crippen LogP contribution in [0.4, 0.5) is 4.39 Å². The van der Waals surface area contributed by atoms with Gasteiger partial charge in [0, 0.05) is 0 Å². The van der Waals surface area contributed by atoms with E-state index in [2.05, 4.69) is 6.92 Å². The van der Waals surface area contributed by atoms with Gasteiger partial charge in [0.05, 0.1) is 11.1 Å². The molecule has 0 radical (unpaired) electrons. The summed E-state index contributed by atoms with van der Waals surface area (Å²) in [5, 5.41) is 10.6. The zero-order chi connectivity index (χ0) is 15.2. The second-order valence-electron chi connectivity index (χ2n) is 6.44. The SMILES string of the molecule is CCCCC1CCC(C(O)Cc2ccc(F)c(Cl)c2)CC1. The zero-order valence-electron chi connectivity index (χ0n) is 12.8. The van der Waals surface area contributed by atoms with Gasteiger partial charge in [-0.05, 0) is 48.8 Å². The first kappa shape index (κ1) is 16.8. The van der Waals surface area contributed by atoms with Gasteiger partial charge >= 0.3 is 0 Å². The minimum Gasteiger partial charge on any atom is -0.392 e. The molecule has 118 valence electrons. The van der Waals surface area contributed by atoms with Crippen molar-refractivity contribution in [1.82, 2.24) is 0 Å². The second-order valence-corrected chi connectivity index (χ2v) is 6.85. The van der Waals surface area contributed by atoms with E-state index < -0.39 is 5.82 Å². The van der Waals surface area contributed by atoms with Crippen LogP contribution in [0.2, 0.25) is 5.02 Å². The second kappa shape index (κ2) is 8.14. The van der Waals surface area contributed by atoms with Crippen LogP contribution in [0.15, 0.2) is 18.2 Å². The van der Waals surface area contributed by atoms with Crippen molar-refractivity contribution in [2.45, 2.75) is 64.4 Å². The molecule has 1 nitrogen and oxygen atoms in total. The van der Waals surface area contributed by atoms with Gasteiger partial charge in [0.25, 0.3) is 0 Å². The van der Waals surface area contributed by atoms with Gasteiger partial charge in [-0.3, -0.25) is 0 Å². The lowest BCUT2D eigenvalue weighted by Gasteiger charge is -2.31. The number of rotatable bonds is 6. The first-order chi connectivity index (χ1) is 10.1. The predicted octanol–water partition coefficient (Wildman–Crippen LogP) is 5.38. The summed E-state index contributed by atoms with van der Waals surface area (Å²) in [5.41, 5.74) is 0.919. The van der Waals surface area contributed by atoms with Gasteiger partial charge in [0.1, 0.15) is 5.82 Å². The molecule has 1 N–H and O–H groups in total. The van der Waals surface area contributed by atoms with Crippen LogP contribution in [-0.2, 0) is 6.42 Å². The Labute approximate surface area is 132 Å². The molecule has 0 bridgehead atoms. The third-order valence-electron chi connectivity index (χ3n) is 4.83. The Bertz CT molecular complexity index is 441. The Morgan fingerprint density at radius 1 is 1.29 bits per heavy atom. The van der Waals surface area contributed by atoms with Gasteiger partial charge in [-0.1, -0.05) is 56.7 Å². The third-order valence-corrected chi connectivity index (χ3v) is 5.12. The van der Waals surface area contributed by atoms with E-state index in [9.17, 15) is 9.50 Å². The molecule has 1 aliphatic carbocycles. The molecule has 1 aromatic carbocycles. The van der Waals surface area contributed by atoms with Crippen molar-refractivity contribution >= 4 is 11.6 Å². The maximum absolute atomic E-state index is 13.1. The highest BCUT2D eigenvalue weighted by molar-refractivity contribution is 6.30. The molecule has 0 heterocycles. The van der Waals surface area contributed by atoms with Gasteiger partial charge in [-0.25, -0.2) is 4.39 Å². The number of unbranched alkanes of at least 4 members (excludes halogenated alkanes) is 1. The van der Waals surface area contributed by atoms with E-state index in [-0.39, 0.29) is 11.1 Å². The topological polar surface area (TPSA) is 20.2 Å². The third kappa shape index (κ3) is 4.96. The number of hydrogen-bond acceptors (Lipinski definition) is 1. The summed E-state index contributed by atoms with van der Waals surface area (Å²) in [6, 6.07) is 4.73. The Kier molecular flexibility index (Phi) is 6.50. The number of hydrogen-bond donors (Lipinski definition) is 1. The Morgan fingerprint density at radius 3 is 2.62 bits per heavy atom. The van der Waals surface area contributed by atoms with Crippen LogP contribution in [-0.4, -0.2) is 11.2 Å². The van der Waals surface area contributed by atoms with Crippen LogP contribution in [0.1, 0.15) is 57.4 Å². The number of benzene rings is 1. The van der Waals surface area contributed by atoms with E-state index in [0.29, 0.717) is 12.3 Å². The van der Waals surface area contributed by atoms with Crippen molar-refractivity contribution in [3.8, 4) is 0 Å². The summed E-state index contributed by atoms with van der Waals surface area (Å²) in [4.78, 5) is 0. The molecule has 1 unspecified atom stereocenters. The predicted molar refractivity (Wildman–Crippen MR) is 86.1 cm³/mol. The summed E-state index contributed by atoms with van der Waals surface area (Å²) in [7, 11) is 0. The highest BCUT2D eigenvalue weighted by Crippen LogP contribution is 2.34. The van der Waals surface area contributed by atoms with E-state index in [1.54, 1.807) is 12.1 Å². The molecule has 1 atom stereocenters. The lowest BCUT2D eigenvalue weighted by molar-refractivity contribution is 0.0726. The molecule has 0 aromatic heterocycles. The highest BCUT2D eigenvalue weighted by atomic mass is 35.5. The van der Waals surface area contributed by atoms with E-state index in [0.717, 1.165) is 24.3 Å². The molecule has 0 spiro atoms. The molecule has 1 aliphatic rings. The first-order valence-electron chi connectivity index (χ1n) is 8.22. The zero-order valence-corrected chi connectivity index (χ0v) is 13.6. The molecule has 0 amide bonds. The number of aliphatic hydroxyl groups excluding tert-OH is 1.